The number of rotatable bonds is 10. The second-order valence-electron chi connectivity index (χ2n) is 5.87. The molecule has 160 valence electrons. The minimum Gasteiger partial charge on any atom is -0.484 e. The first-order valence-corrected chi connectivity index (χ1v) is 8.84. The Hall–Kier alpha value is -3.69. The third kappa shape index (κ3) is 7.74. The van der Waals surface area contributed by atoms with Gasteiger partial charge in [-0.15, -0.1) is 0 Å². The van der Waals surface area contributed by atoms with Gasteiger partial charge in [0.05, 0.1) is 5.69 Å². The van der Waals surface area contributed by atoms with Crippen molar-refractivity contribution in [3.05, 3.63) is 54.6 Å². The smallest absolute Gasteiger partial charge is 0.387 e. The topological polar surface area (TPSA) is 103 Å². The van der Waals surface area contributed by atoms with Gasteiger partial charge in [0.25, 0.3) is 11.8 Å². The summed E-state index contributed by atoms with van der Waals surface area (Å²) in [6.07, 6.45) is -1.24. The highest BCUT2D eigenvalue weighted by Crippen LogP contribution is 2.25. The maximum Gasteiger partial charge on any atom is 0.387 e. The lowest BCUT2D eigenvalue weighted by molar-refractivity contribution is -0.152. The molecule has 0 radical (unpaired) electrons. The van der Waals surface area contributed by atoms with Crippen molar-refractivity contribution < 1.29 is 37.4 Å². The van der Waals surface area contributed by atoms with Gasteiger partial charge < -0.3 is 24.8 Å². The number of hydrogen-bond acceptors (Lipinski definition) is 6. The van der Waals surface area contributed by atoms with E-state index in [9.17, 15) is 23.2 Å². The molecule has 2 amide bonds. The van der Waals surface area contributed by atoms with E-state index in [1.165, 1.54) is 31.2 Å². The number of alkyl halides is 2. The Balaban J connectivity index is 1.75. The summed E-state index contributed by atoms with van der Waals surface area (Å²) in [5.74, 6) is -1.90. The molecule has 30 heavy (non-hydrogen) atoms. The maximum absolute atomic E-state index is 12.4. The fourth-order valence-corrected chi connectivity index (χ4v) is 2.18. The van der Waals surface area contributed by atoms with E-state index < -0.39 is 37.0 Å². The molecule has 10 heteroatoms. The molecule has 0 saturated carbocycles. The molecule has 1 unspecified atom stereocenters. The van der Waals surface area contributed by atoms with Crippen molar-refractivity contribution in [1.29, 1.82) is 0 Å². The molecule has 2 aromatic carbocycles. The second-order valence-corrected chi connectivity index (χ2v) is 5.87. The first-order chi connectivity index (χ1) is 14.3. The van der Waals surface area contributed by atoms with Crippen molar-refractivity contribution in [2.24, 2.45) is 0 Å². The molecular weight excluding hydrogens is 402 g/mol. The van der Waals surface area contributed by atoms with Crippen LogP contribution in [0.15, 0.2) is 54.6 Å². The van der Waals surface area contributed by atoms with E-state index in [0.717, 1.165) is 0 Å². The van der Waals surface area contributed by atoms with Crippen LogP contribution in [-0.4, -0.2) is 43.7 Å². The van der Waals surface area contributed by atoms with Crippen molar-refractivity contribution in [2.75, 3.05) is 18.5 Å². The summed E-state index contributed by atoms with van der Waals surface area (Å²) < 4.78 is 39.3. The molecular formula is C20H20F2N2O6. The van der Waals surface area contributed by atoms with E-state index in [2.05, 4.69) is 15.4 Å². The number of carbonyl (C=O) groups is 3. The molecule has 0 saturated heterocycles. The number of anilines is 1. The number of amides is 2. The van der Waals surface area contributed by atoms with Crippen LogP contribution in [0.1, 0.15) is 6.92 Å². The van der Waals surface area contributed by atoms with Crippen LogP contribution in [0.2, 0.25) is 0 Å². The minimum atomic E-state index is -3.06. The van der Waals surface area contributed by atoms with E-state index in [-0.39, 0.29) is 18.0 Å². The van der Waals surface area contributed by atoms with Crippen molar-refractivity contribution in [3.63, 3.8) is 0 Å². The lowest BCUT2D eigenvalue weighted by Crippen LogP contribution is -2.37. The molecule has 0 bridgehead atoms. The van der Waals surface area contributed by atoms with Crippen LogP contribution >= 0.6 is 0 Å². The SMILES string of the molecule is CC(OC(=O)CNC(=O)COc1ccccc1)C(=O)Nc1ccccc1OC(F)F. The zero-order valence-corrected chi connectivity index (χ0v) is 16.0. The lowest BCUT2D eigenvalue weighted by Gasteiger charge is -2.16. The highest BCUT2D eigenvalue weighted by atomic mass is 19.3. The molecule has 2 rings (SSSR count). The predicted molar refractivity (Wildman–Crippen MR) is 102 cm³/mol. The monoisotopic (exact) mass is 422 g/mol. The summed E-state index contributed by atoms with van der Waals surface area (Å²) in [6.45, 7) is -2.54. The summed E-state index contributed by atoms with van der Waals surface area (Å²) in [6, 6.07) is 14.2. The molecule has 0 aliphatic rings. The van der Waals surface area contributed by atoms with Gasteiger partial charge in [-0.1, -0.05) is 30.3 Å². The van der Waals surface area contributed by atoms with Crippen molar-refractivity contribution in [1.82, 2.24) is 5.32 Å². The number of esters is 1. The van der Waals surface area contributed by atoms with Crippen LogP contribution < -0.4 is 20.1 Å². The third-order valence-electron chi connectivity index (χ3n) is 3.58. The summed E-state index contributed by atoms with van der Waals surface area (Å²) in [4.78, 5) is 35.7. The van der Waals surface area contributed by atoms with E-state index in [4.69, 9.17) is 9.47 Å². The predicted octanol–water partition coefficient (Wildman–Crippen LogP) is 2.35. The Labute approximate surface area is 171 Å². The zero-order chi connectivity index (χ0) is 21.9. The average Bonchev–Trinajstić information content (AvgIpc) is 2.72. The fraction of sp³-hybridized carbons (Fsp3) is 0.250. The fourth-order valence-electron chi connectivity index (χ4n) is 2.18. The van der Waals surface area contributed by atoms with Gasteiger partial charge in [-0.05, 0) is 31.2 Å². The minimum absolute atomic E-state index is 0.00272. The highest BCUT2D eigenvalue weighted by Gasteiger charge is 2.20. The summed E-state index contributed by atoms with van der Waals surface area (Å²) in [5, 5.41) is 4.65. The van der Waals surface area contributed by atoms with E-state index >= 15 is 0 Å². The third-order valence-corrected chi connectivity index (χ3v) is 3.58. The Morgan fingerprint density at radius 2 is 1.67 bits per heavy atom. The summed E-state index contributed by atoms with van der Waals surface area (Å²) >= 11 is 0. The normalized spacial score (nSPS) is 11.3. The van der Waals surface area contributed by atoms with E-state index in [0.29, 0.717) is 5.75 Å². The number of para-hydroxylation sites is 3. The van der Waals surface area contributed by atoms with Crippen molar-refractivity contribution in [2.45, 2.75) is 19.6 Å². The first kappa shape index (κ1) is 22.6. The Morgan fingerprint density at radius 3 is 2.37 bits per heavy atom. The Bertz CT molecular complexity index is 863. The maximum atomic E-state index is 12.4. The summed E-state index contributed by atoms with van der Waals surface area (Å²) in [5.41, 5.74) is -0.00272. The van der Waals surface area contributed by atoms with Gasteiger partial charge in [-0.3, -0.25) is 14.4 Å². The van der Waals surface area contributed by atoms with Crippen LogP contribution in [0.3, 0.4) is 0 Å². The van der Waals surface area contributed by atoms with Crippen LogP contribution in [-0.2, 0) is 19.1 Å². The number of hydrogen-bond donors (Lipinski definition) is 2. The molecule has 0 aromatic heterocycles. The largest absolute Gasteiger partial charge is 0.484 e. The van der Waals surface area contributed by atoms with Crippen LogP contribution in [0, 0.1) is 0 Å². The molecule has 0 heterocycles. The van der Waals surface area contributed by atoms with Gasteiger partial charge in [0.1, 0.15) is 18.0 Å². The van der Waals surface area contributed by atoms with Crippen LogP contribution in [0.5, 0.6) is 11.5 Å². The molecule has 2 aromatic rings. The molecule has 2 N–H and O–H groups in total. The van der Waals surface area contributed by atoms with Crippen molar-refractivity contribution >= 4 is 23.5 Å². The van der Waals surface area contributed by atoms with Gasteiger partial charge in [0.15, 0.2) is 12.7 Å². The van der Waals surface area contributed by atoms with Crippen LogP contribution in [0.25, 0.3) is 0 Å². The lowest BCUT2D eigenvalue weighted by atomic mass is 10.2. The molecule has 1 atom stereocenters. The zero-order valence-electron chi connectivity index (χ0n) is 16.0. The van der Waals surface area contributed by atoms with Gasteiger partial charge in [0.2, 0.25) is 0 Å². The standard InChI is InChI=1S/C20H20F2N2O6/c1-13(19(27)24-15-9-5-6-10-16(15)30-20(21)22)29-18(26)11-23-17(25)12-28-14-7-3-2-4-8-14/h2-10,13,20H,11-12H2,1H3,(H,23,25)(H,24,27). The van der Waals surface area contributed by atoms with E-state index in [1.807, 2.05) is 0 Å². The average molecular weight is 422 g/mol. The summed E-state index contributed by atoms with van der Waals surface area (Å²) in [7, 11) is 0. The quantitative estimate of drug-likeness (QED) is 0.570. The van der Waals surface area contributed by atoms with Crippen LogP contribution in [0.4, 0.5) is 14.5 Å². The van der Waals surface area contributed by atoms with Crippen molar-refractivity contribution in [3.8, 4) is 11.5 Å². The first-order valence-electron chi connectivity index (χ1n) is 8.84. The van der Waals surface area contributed by atoms with Gasteiger partial charge in [-0.25, -0.2) is 0 Å². The van der Waals surface area contributed by atoms with E-state index in [1.54, 1.807) is 30.3 Å². The van der Waals surface area contributed by atoms with Gasteiger partial charge in [0, 0.05) is 0 Å². The Kier molecular flexibility index (Phi) is 8.55. The highest BCUT2D eigenvalue weighted by molar-refractivity contribution is 5.96. The number of halogens is 2. The Morgan fingerprint density at radius 1 is 1.00 bits per heavy atom. The van der Waals surface area contributed by atoms with Gasteiger partial charge in [-0.2, -0.15) is 8.78 Å². The molecule has 0 aliphatic carbocycles. The number of carbonyl (C=O) groups excluding carboxylic acids is 3. The van der Waals surface area contributed by atoms with Gasteiger partial charge >= 0.3 is 12.6 Å². The number of nitrogens with one attached hydrogen (secondary N) is 2. The molecule has 0 spiro atoms. The molecule has 8 nitrogen and oxygen atoms in total. The molecule has 0 aliphatic heterocycles. The number of benzene rings is 2. The number of ether oxygens (including phenoxy) is 3. The molecule has 0 fully saturated rings. The second kappa shape index (κ2) is 11.3.